The van der Waals surface area contributed by atoms with Gasteiger partial charge in [0.05, 0.1) is 32.0 Å². The van der Waals surface area contributed by atoms with Gasteiger partial charge < -0.3 is 24.1 Å². The number of rotatable bonds is 6. The van der Waals surface area contributed by atoms with E-state index >= 15 is 0 Å². The highest BCUT2D eigenvalue weighted by Crippen LogP contribution is 2.31. The van der Waals surface area contributed by atoms with Gasteiger partial charge >= 0.3 is 0 Å². The Morgan fingerprint density at radius 1 is 1.17 bits per heavy atom. The number of amides is 1. The van der Waals surface area contributed by atoms with Crippen LogP contribution < -0.4 is 19.9 Å². The molecule has 2 heterocycles. The van der Waals surface area contributed by atoms with Gasteiger partial charge in [-0.1, -0.05) is 12.1 Å². The first-order valence-corrected chi connectivity index (χ1v) is 9.86. The second-order valence-electron chi connectivity index (χ2n) is 7.17. The summed E-state index contributed by atoms with van der Waals surface area (Å²) in [5, 5.41) is 0.856. The molecule has 1 N–H and O–H groups in total. The molecular weight excluding hydrogens is 384 g/mol. The zero-order valence-electron chi connectivity index (χ0n) is 17.0. The van der Waals surface area contributed by atoms with Crippen LogP contribution in [0.15, 0.2) is 53.3 Å². The van der Waals surface area contributed by atoms with Crippen LogP contribution in [-0.4, -0.2) is 37.8 Å². The van der Waals surface area contributed by atoms with Crippen molar-refractivity contribution in [3.63, 3.8) is 0 Å². The maximum Gasteiger partial charge on any atom is 0.256 e. The summed E-state index contributed by atoms with van der Waals surface area (Å²) in [6.45, 7) is 0.672. The Labute approximate surface area is 174 Å². The van der Waals surface area contributed by atoms with Gasteiger partial charge in [-0.2, -0.15) is 0 Å². The predicted octanol–water partition coefficient (Wildman–Crippen LogP) is 3.26. The van der Waals surface area contributed by atoms with Gasteiger partial charge in [-0.15, -0.1) is 0 Å². The van der Waals surface area contributed by atoms with Crippen molar-refractivity contribution < 1.29 is 19.0 Å². The molecule has 0 aliphatic carbocycles. The number of nitrogens with zero attached hydrogens (tertiary/aromatic N) is 1. The molecule has 156 valence electrons. The van der Waals surface area contributed by atoms with Crippen LogP contribution >= 0.6 is 0 Å². The molecule has 2 aromatic carbocycles. The number of fused-ring (bicyclic) bond motifs is 1. The fraction of sp³-hybridized carbons (Fsp3) is 0.304. The highest BCUT2D eigenvalue weighted by molar-refractivity contribution is 5.98. The van der Waals surface area contributed by atoms with Crippen molar-refractivity contribution in [3.8, 4) is 11.5 Å². The molecule has 0 unspecified atom stereocenters. The molecule has 0 bridgehead atoms. The fourth-order valence-corrected chi connectivity index (χ4v) is 3.72. The summed E-state index contributed by atoms with van der Waals surface area (Å²) in [6, 6.07) is 14.6. The van der Waals surface area contributed by atoms with E-state index in [4.69, 9.17) is 14.2 Å². The molecule has 7 nitrogen and oxygen atoms in total. The zero-order valence-corrected chi connectivity index (χ0v) is 17.0. The number of methoxy groups -OCH3 is 2. The standard InChI is InChI=1S/C23H24N2O5/c1-28-17-10-9-15-12-16(22(26)24-18(15)13-17)14-25(23(27)21-8-5-11-30-21)19-6-3-4-7-20(19)29-2/h3-4,6-7,9-10,12-13,21H,5,8,11,14H2,1-2H3,(H,24,26)/t21-/m0/s1. The molecule has 7 heteroatoms. The maximum absolute atomic E-state index is 13.3. The number of nitrogens with one attached hydrogen (secondary N) is 1. The van der Waals surface area contributed by atoms with Crippen molar-refractivity contribution in [3.05, 3.63) is 64.4 Å². The molecule has 30 heavy (non-hydrogen) atoms. The second kappa shape index (κ2) is 8.59. The molecule has 0 saturated carbocycles. The monoisotopic (exact) mass is 408 g/mol. The fourth-order valence-electron chi connectivity index (χ4n) is 3.72. The minimum atomic E-state index is -0.515. The van der Waals surface area contributed by atoms with Crippen molar-refractivity contribution in [2.24, 2.45) is 0 Å². The smallest absolute Gasteiger partial charge is 0.256 e. The summed E-state index contributed by atoms with van der Waals surface area (Å²) in [7, 11) is 3.14. The molecule has 1 aliphatic rings. The van der Waals surface area contributed by atoms with Gasteiger partial charge in [0.1, 0.15) is 17.6 Å². The third kappa shape index (κ3) is 3.89. The number of carbonyl (C=O) groups is 1. The number of anilines is 1. The van der Waals surface area contributed by atoms with Crippen LogP contribution in [0.2, 0.25) is 0 Å². The lowest BCUT2D eigenvalue weighted by atomic mass is 10.1. The Balaban J connectivity index is 1.75. The van der Waals surface area contributed by atoms with Gasteiger partial charge in [0.25, 0.3) is 11.5 Å². The minimum absolute atomic E-state index is 0.108. The van der Waals surface area contributed by atoms with Crippen molar-refractivity contribution in [1.82, 2.24) is 4.98 Å². The van der Waals surface area contributed by atoms with Crippen molar-refractivity contribution in [2.45, 2.75) is 25.5 Å². The second-order valence-corrected chi connectivity index (χ2v) is 7.17. The lowest BCUT2D eigenvalue weighted by molar-refractivity contribution is -0.127. The quantitative estimate of drug-likeness (QED) is 0.677. The molecule has 1 amide bonds. The predicted molar refractivity (Wildman–Crippen MR) is 114 cm³/mol. The van der Waals surface area contributed by atoms with E-state index in [0.29, 0.717) is 41.3 Å². The highest BCUT2D eigenvalue weighted by Gasteiger charge is 2.31. The SMILES string of the molecule is COc1ccc2cc(CN(C(=O)[C@@H]3CCCO3)c3ccccc3OC)c(=O)[nH]c2c1. The average molecular weight is 408 g/mol. The van der Waals surface area contributed by atoms with Gasteiger partial charge in [0.15, 0.2) is 0 Å². The lowest BCUT2D eigenvalue weighted by Gasteiger charge is -2.26. The first-order chi connectivity index (χ1) is 14.6. The van der Waals surface area contributed by atoms with Crippen molar-refractivity contribution in [2.75, 3.05) is 25.7 Å². The van der Waals surface area contributed by atoms with E-state index in [1.165, 1.54) is 0 Å². The van der Waals surface area contributed by atoms with E-state index in [1.807, 2.05) is 30.3 Å². The number of aromatic nitrogens is 1. The van der Waals surface area contributed by atoms with E-state index in [1.54, 1.807) is 37.3 Å². The largest absolute Gasteiger partial charge is 0.497 e. The number of carbonyl (C=O) groups excluding carboxylic acids is 1. The van der Waals surface area contributed by atoms with E-state index in [2.05, 4.69) is 4.98 Å². The van der Waals surface area contributed by atoms with Crippen LogP contribution in [0.4, 0.5) is 5.69 Å². The Morgan fingerprint density at radius 2 is 2.00 bits per heavy atom. The lowest BCUT2D eigenvalue weighted by Crippen LogP contribution is -2.40. The molecule has 1 aromatic heterocycles. The summed E-state index contributed by atoms with van der Waals surface area (Å²) >= 11 is 0. The Morgan fingerprint density at radius 3 is 2.73 bits per heavy atom. The van der Waals surface area contributed by atoms with E-state index in [0.717, 1.165) is 11.8 Å². The van der Waals surface area contributed by atoms with Crippen LogP contribution in [0.3, 0.4) is 0 Å². The number of aromatic amines is 1. The number of pyridine rings is 1. The van der Waals surface area contributed by atoms with Gasteiger partial charge in [0, 0.05) is 18.2 Å². The van der Waals surface area contributed by atoms with Crippen molar-refractivity contribution >= 4 is 22.5 Å². The number of hydrogen-bond acceptors (Lipinski definition) is 5. The van der Waals surface area contributed by atoms with Crippen LogP contribution in [-0.2, 0) is 16.1 Å². The topological polar surface area (TPSA) is 80.9 Å². The van der Waals surface area contributed by atoms with Gasteiger partial charge in [-0.05, 0) is 48.6 Å². The van der Waals surface area contributed by atoms with E-state index in [9.17, 15) is 9.59 Å². The minimum Gasteiger partial charge on any atom is -0.497 e. The summed E-state index contributed by atoms with van der Waals surface area (Å²) < 4.78 is 16.3. The van der Waals surface area contributed by atoms with Gasteiger partial charge in [-0.3, -0.25) is 9.59 Å². The summed E-state index contributed by atoms with van der Waals surface area (Å²) in [4.78, 5) is 30.6. The molecular formula is C23H24N2O5. The van der Waals surface area contributed by atoms with Crippen molar-refractivity contribution in [1.29, 1.82) is 0 Å². The maximum atomic E-state index is 13.3. The summed E-state index contributed by atoms with van der Waals surface area (Å²) in [5.74, 6) is 1.05. The molecule has 3 aromatic rings. The Bertz CT molecular complexity index is 1120. The Hall–Kier alpha value is -3.32. The number of para-hydroxylation sites is 2. The third-order valence-electron chi connectivity index (χ3n) is 5.31. The molecule has 0 spiro atoms. The number of benzene rings is 2. The molecule has 1 saturated heterocycles. The third-order valence-corrected chi connectivity index (χ3v) is 5.31. The van der Waals surface area contributed by atoms with E-state index in [-0.39, 0.29) is 18.0 Å². The Kier molecular flexibility index (Phi) is 5.72. The zero-order chi connectivity index (χ0) is 21.1. The van der Waals surface area contributed by atoms with Gasteiger partial charge in [-0.25, -0.2) is 0 Å². The van der Waals surface area contributed by atoms with Crippen LogP contribution in [0, 0.1) is 0 Å². The van der Waals surface area contributed by atoms with E-state index < -0.39 is 6.10 Å². The average Bonchev–Trinajstić information content (AvgIpc) is 3.32. The first kappa shape index (κ1) is 20.0. The van der Waals surface area contributed by atoms with Crippen LogP contribution in [0.5, 0.6) is 11.5 Å². The molecule has 0 radical (unpaired) electrons. The molecule has 1 atom stereocenters. The summed E-state index contributed by atoms with van der Waals surface area (Å²) in [5.41, 5.74) is 1.51. The van der Waals surface area contributed by atoms with Gasteiger partial charge in [0.2, 0.25) is 0 Å². The number of hydrogen-bond donors (Lipinski definition) is 1. The first-order valence-electron chi connectivity index (χ1n) is 9.86. The van der Waals surface area contributed by atoms with Crippen LogP contribution in [0.1, 0.15) is 18.4 Å². The number of ether oxygens (including phenoxy) is 3. The summed E-state index contributed by atoms with van der Waals surface area (Å²) in [6.07, 6.45) is 0.992. The molecule has 1 aliphatic heterocycles. The molecule has 1 fully saturated rings. The van der Waals surface area contributed by atoms with Crippen LogP contribution in [0.25, 0.3) is 10.9 Å². The highest BCUT2D eigenvalue weighted by atomic mass is 16.5. The number of H-pyrrole nitrogens is 1. The normalized spacial score (nSPS) is 15.9. The molecule has 4 rings (SSSR count).